The van der Waals surface area contributed by atoms with E-state index < -0.39 is 9.04 Å². The quantitative estimate of drug-likeness (QED) is 0.543. The molecule has 68 valence electrons. The van der Waals surface area contributed by atoms with Gasteiger partial charge in [-0.1, -0.05) is 36.7 Å². The number of hydrogen-bond donors (Lipinski definition) is 0. The van der Waals surface area contributed by atoms with Crippen LogP contribution in [0.4, 0.5) is 0 Å². The molecule has 0 bridgehead atoms. The van der Waals surface area contributed by atoms with Crippen molar-refractivity contribution in [2.45, 2.75) is 38.7 Å². The topological polar surface area (TPSA) is 9.23 Å². The number of alkyl halides is 1. The van der Waals surface area contributed by atoms with Crippen LogP contribution in [-0.4, -0.2) is 20.5 Å². The Morgan fingerprint density at radius 2 is 1.82 bits per heavy atom. The van der Waals surface area contributed by atoms with Gasteiger partial charge in [0.25, 0.3) is 0 Å². The smallest absolute Gasteiger partial charge is 0.170 e. The lowest BCUT2D eigenvalue weighted by Crippen LogP contribution is -2.27. The van der Waals surface area contributed by atoms with E-state index in [4.69, 9.17) is 4.43 Å². The van der Waals surface area contributed by atoms with Gasteiger partial charge in [-0.15, -0.1) is 0 Å². The van der Waals surface area contributed by atoms with E-state index in [2.05, 4.69) is 49.8 Å². The molecule has 0 aliphatic carbocycles. The Labute approximate surface area is 80.4 Å². The van der Waals surface area contributed by atoms with Gasteiger partial charge in [0, 0.05) is 11.4 Å². The largest absolute Gasteiger partial charge is 0.419 e. The molecule has 0 aromatic rings. The first-order valence-electron chi connectivity index (χ1n) is 4.09. The fourth-order valence-electron chi connectivity index (χ4n) is 0.527. The van der Waals surface area contributed by atoms with Gasteiger partial charge in [0.1, 0.15) is 0 Å². The van der Waals surface area contributed by atoms with Crippen molar-refractivity contribution in [2.24, 2.45) is 5.41 Å². The Kier molecular flexibility index (Phi) is 4.90. The molecule has 0 amide bonds. The summed E-state index contributed by atoms with van der Waals surface area (Å²) in [6, 6.07) is 0. The van der Waals surface area contributed by atoms with Crippen molar-refractivity contribution in [1.82, 2.24) is 0 Å². The van der Waals surface area contributed by atoms with Crippen molar-refractivity contribution in [2.75, 3.05) is 6.61 Å². The van der Waals surface area contributed by atoms with Crippen LogP contribution in [0.15, 0.2) is 0 Å². The summed E-state index contributed by atoms with van der Waals surface area (Å²) in [6.45, 7) is 11.9. The lowest BCUT2D eigenvalue weighted by atomic mass is 9.93. The van der Waals surface area contributed by atoms with Crippen LogP contribution in [0.2, 0.25) is 13.1 Å². The first-order valence-corrected chi connectivity index (χ1v) is 7.79. The van der Waals surface area contributed by atoms with E-state index in [0.29, 0.717) is 10.2 Å². The molecule has 0 aromatic carbocycles. The normalized spacial score (nSPS) is 15.5. The lowest BCUT2D eigenvalue weighted by Gasteiger charge is -2.26. The lowest BCUT2D eigenvalue weighted by molar-refractivity contribution is 0.260. The van der Waals surface area contributed by atoms with Gasteiger partial charge >= 0.3 is 0 Å². The van der Waals surface area contributed by atoms with E-state index >= 15 is 0 Å². The van der Waals surface area contributed by atoms with E-state index in [0.717, 1.165) is 6.61 Å². The van der Waals surface area contributed by atoms with Crippen LogP contribution in [0.1, 0.15) is 20.8 Å². The van der Waals surface area contributed by atoms with E-state index in [-0.39, 0.29) is 0 Å². The zero-order valence-electron chi connectivity index (χ0n) is 8.15. The van der Waals surface area contributed by atoms with Gasteiger partial charge in [-0.25, -0.2) is 0 Å². The highest BCUT2D eigenvalue weighted by Crippen LogP contribution is 2.26. The molecule has 0 aliphatic heterocycles. The van der Waals surface area contributed by atoms with E-state index in [1.54, 1.807) is 0 Å². The summed E-state index contributed by atoms with van der Waals surface area (Å²) in [4.78, 5) is 0.477. The molecular formula is C8H19BrOSi. The average molecular weight is 239 g/mol. The summed E-state index contributed by atoms with van der Waals surface area (Å²) in [5.41, 5.74) is 0.309. The summed E-state index contributed by atoms with van der Waals surface area (Å²) in [5.74, 6) is 0. The Bertz CT molecular complexity index is 109. The number of hydrogen-bond acceptors (Lipinski definition) is 1. The fourth-order valence-corrected chi connectivity index (χ4v) is 1.54. The highest BCUT2D eigenvalue weighted by molar-refractivity contribution is 9.09. The van der Waals surface area contributed by atoms with Crippen LogP contribution < -0.4 is 0 Å². The Balaban J connectivity index is 3.61. The molecule has 0 aromatic heterocycles. The first-order chi connectivity index (χ1) is 4.84. The predicted octanol–water partition coefficient (Wildman–Crippen LogP) is 2.80. The van der Waals surface area contributed by atoms with Crippen molar-refractivity contribution < 1.29 is 4.43 Å². The third-order valence-electron chi connectivity index (χ3n) is 1.52. The van der Waals surface area contributed by atoms with Crippen molar-refractivity contribution in [3.63, 3.8) is 0 Å². The molecular weight excluding hydrogens is 220 g/mol. The first kappa shape index (κ1) is 11.7. The van der Waals surface area contributed by atoms with Gasteiger partial charge in [-0.3, -0.25) is 0 Å². The molecule has 11 heavy (non-hydrogen) atoms. The second-order valence-electron chi connectivity index (χ2n) is 4.22. The van der Waals surface area contributed by atoms with Crippen LogP contribution in [0.5, 0.6) is 0 Å². The number of rotatable bonds is 3. The van der Waals surface area contributed by atoms with Crippen molar-refractivity contribution in [3.05, 3.63) is 0 Å². The van der Waals surface area contributed by atoms with Crippen LogP contribution in [0.3, 0.4) is 0 Å². The van der Waals surface area contributed by atoms with E-state index in [1.165, 1.54) is 0 Å². The summed E-state index contributed by atoms with van der Waals surface area (Å²) >= 11 is 3.62. The zero-order valence-corrected chi connectivity index (χ0v) is 10.9. The minimum atomic E-state index is -0.828. The molecule has 0 fully saturated rings. The second kappa shape index (κ2) is 4.63. The van der Waals surface area contributed by atoms with Crippen LogP contribution in [0, 0.1) is 5.41 Å². The summed E-state index contributed by atoms with van der Waals surface area (Å²) in [6.07, 6.45) is 0. The average Bonchev–Trinajstić information content (AvgIpc) is 1.80. The Hall–Kier alpha value is 0.657. The highest BCUT2D eigenvalue weighted by Gasteiger charge is 2.21. The Morgan fingerprint density at radius 3 is 2.09 bits per heavy atom. The minimum absolute atomic E-state index is 0.309. The third-order valence-corrected chi connectivity index (χ3v) is 4.01. The molecule has 0 N–H and O–H groups in total. The van der Waals surface area contributed by atoms with Crippen molar-refractivity contribution in [3.8, 4) is 0 Å². The Morgan fingerprint density at radius 1 is 1.36 bits per heavy atom. The second-order valence-corrected chi connectivity index (χ2v) is 7.75. The van der Waals surface area contributed by atoms with Gasteiger partial charge in [0.15, 0.2) is 9.04 Å². The van der Waals surface area contributed by atoms with E-state index in [9.17, 15) is 0 Å². The van der Waals surface area contributed by atoms with Crippen LogP contribution >= 0.6 is 15.9 Å². The standard InChI is InChI=1S/C8H19BrOSi/c1-8(2,3)7(9)6-10-11(4)5/h7,11H,6H2,1-5H3. The van der Waals surface area contributed by atoms with Crippen LogP contribution in [-0.2, 0) is 4.43 Å². The molecule has 0 saturated heterocycles. The van der Waals surface area contributed by atoms with Crippen molar-refractivity contribution in [1.29, 1.82) is 0 Å². The maximum atomic E-state index is 5.62. The minimum Gasteiger partial charge on any atom is -0.419 e. The zero-order chi connectivity index (χ0) is 9.07. The molecule has 1 atom stereocenters. The van der Waals surface area contributed by atoms with Gasteiger partial charge < -0.3 is 4.43 Å². The summed E-state index contributed by atoms with van der Waals surface area (Å²) in [7, 11) is -0.828. The SMILES string of the molecule is C[SiH](C)OCC(Br)C(C)(C)C. The molecule has 0 rings (SSSR count). The molecule has 1 nitrogen and oxygen atoms in total. The van der Waals surface area contributed by atoms with Crippen molar-refractivity contribution >= 4 is 25.0 Å². The molecule has 0 spiro atoms. The van der Waals surface area contributed by atoms with Gasteiger partial charge in [0.05, 0.1) is 0 Å². The van der Waals surface area contributed by atoms with Gasteiger partial charge in [-0.2, -0.15) is 0 Å². The molecule has 0 aliphatic rings. The maximum absolute atomic E-state index is 5.62. The summed E-state index contributed by atoms with van der Waals surface area (Å²) < 4.78 is 5.62. The molecule has 0 heterocycles. The highest BCUT2D eigenvalue weighted by atomic mass is 79.9. The number of halogens is 1. The monoisotopic (exact) mass is 238 g/mol. The van der Waals surface area contributed by atoms with Crippen LogP contribution in [0.25, 0.3) is 0 Å². The fraction of sp³-hybridized carbons (Fsp3) is 1.00. The molecule has 0 radical (unpaired) electrons. The summed E-state index contributed by atoms with van der Waals surface area (Å²) in [5, 5.41) is 0. The molecule has 0 saturated carbocycles. The van der Waals surface area contributed by atoms with Gasteiger partial charge in [0.2, 0.25) is 0 Å². The molecule has 3 heteroatoms. The maximum Gasteiger partial charge on any atom is 0.170 e. The van der Waals surface area contributed by atoms with E-state index in [1.807, 2.05) is 0 Å². The predicted molar refractivity (Wildman–Crippen MR) is 57.0 cm³/mol. The third kappa shape index (κ3) is 5.88. The van der Waals surface area contributed by atoms with Gasteiger partial charge in [-0.05, 0) is 18.5 Å². The molecule has 1 unspecified atom stereocenters.